The lowest BCUT2D eigenvalue weighted by atomic mass is 10.1. The van der Waals surface area contributed by atoms with E-state index in [1.165, 1.54) is 0 Å². The average Bonchev–Trinajstić information content (AvgIpc) is 2.61. The molecule has 1 aliphatic heterocycles. The van der Waals surface area contributed by atoms with Crippen LogP contribution in [0.25, 0.3) is 0 Å². The molecular formula is C10H17NO3. The van der Waals surface area contributed by atoms with Crippen LogP contribution in [0, 0.1) is 5.92 Å². The van der Waals surface area contributed by atoms with Crippen molar-refractivity contribution in [2.45, 2.75) is 31.9 Å². The summed E-state index contributed by atoms with van der Waals surface area (Å²) < 4.78 is 10.6. The minimum Gasteiger partial charge on any atom is -0.466 e. The minimum absolute atomic E-state index is 0.0375. The smallest absolute Gasteiger partial charge is 0.309 e. The molecule has 80 valence electrons. The first-order valence-corrected chi connectivity index (χ1v) is 5.33. The highest BCUT2D eigenvalue weighted by Gasteiger charge is 2.40. The predicted octanol–water partition coefficient (Wildman–Crippen LogP) is 0.317. The van der Waals surface area contributed by atoms with Crippen LogP contribution in [0.15, 0.2) is 0 Å². The largest absolute Gasteiger partial charge is 0.466 e. The Kier molecular flexibility index (Phi) is 3.03. The van der Waals surface area contributed by atoms with Crippen molar-refractivity contribution in [3.8, 4) is 0 Å². The zero-order valence-corrected chi connectivity index (χ0v) is 8.49. The van der Waals surface area contributed by atoms with E-state index in [1.807, 2.05) is 6.92 Å². The van der Waals surface area contributed by atoms with Gasteiger partial charge in [-0.25, -0.2) is 0 Å². The first kappa shape index (κ1) is 9.93. The van der Waals surface area contributed by atoms with Crippen LogP contribution in [0.5, 0.6) is 0 Å². The van der Waals surface area contributed by atoms with E-state index < -0.39 is 0 Å². The van der Waals surface area contributed by atoms with Crippen molar-refractivity contribution in [3.63, 3.8) is 0 Å². The van der Waals surface area contributed by atoms with E-state index in [4.69, 9.17) is 9.47 Å². The van der Waals surface area contributed by atoms with E-state index in [2.05, 4.69) is 5.32 Å². The van der Waals surface area contributed by atoms with Gasteiger partial charge in [0.05, 0.1) is 25.2 Å². The molecule has 3 atom stereocenters. The normalized spacial score (nSPS) is 36.5. The molecule has 1 saturated heterocycles. The van der Waals surface area contributed by atoms with Gasteiger partial charge in [-0.05, 0) is 19.8 Å². The molecule has 1 heterocycles. The fourth-order valence-corrected chi connectivity index (χ4v) is 2.31. The fraction of sp³-hybridized carbons (Fsp3) is 0.900. The summed E-state index contributed by atoms with van der Waals surface area (Å²) in [5.74, 6) is -0.0251. The molecule has 14 heavy (non-hydrogen) atoms. The molecule has 1 unspecified atom stereocenters. The molecule has 0 spiro atoms. The van der Waals surface area contributed by atoms with Crippen molar-refractivity contribution in [3.05, 3.63) is 0 Å². The van der Waals surface area contributed by atoms with Crippen LogP contribution in [0.4, 0.5) is 0 Å². The summed E-state index contributed by atoms with van der Waals surface area (Å²) in [6.45, 7) is 3.97. The maximum atomic E-state index is 11.5. The summed E-state index contributed by atoms with van der Waals surface area (Å²) in [6.07, 6.45) is 1.90. The molecule has 0 radical (unpaired) electrons. The first-order chi connectivity index (χ1) is 6.81. The summed E-state index contributed by atoms with van der Waals surface area (Å²) in [4.78, 5) is 11.5. The zero-order chi connectivity index (χ0) is 9.97. The van der Waals surface area contributed by atoms with E-state index in [1.54, 1.807) is 0 Å². The lowest BCUT2D eigenvalue weighted by Crippen LogP contribution is -2.44. The van der Waals surface area contributed by atoms with Crippen LogP contribution in [0.1, 0.15) is 19.8 Å². The molecule has 1 saturated carbocycles. The monoisotopic (exact) mass is 199 g/mol. The van der Waals surface area contributed by atoms with Crippen molar-refractivity contribution in [1.29, 1.82) is 0 Å². The van der Waals surface area contributed by atoms with Gasteiger partial charge in [0.25, 0.3) is 0 Å². The molecule has 2 fully saturated rings. The fourth-order valence-electron chi connectivity index (χ4n) is 2.31. The van der Waals surface area contributed by atoms with Gasteiger partial charge in [-0.1, -0.05) is 0 Å². The second-order valence-corrected chi connectivity index (χ2v) is 3.89. The van der Waals surface area contributed by atoms with Crippen LogP contribution in [-0.2, 0) is 14.3 Å². The highest BCUT2D eigenvalue weighted by Crippen LogP contribution is 2.30. The molecule has 4 heteroatoms. The van der Waals surface area contributed by atoms with Gasteiger partial charge >= 0.3 is 5.97 Å². The van der Waals surface area contributed by atoms with Crippen LogP contribution < -0.4 is 5.32 Å². The van der Waals surface area contributed by atoms with Gasteiger partial charge in [0, 0.05) is 12.6 Å². The summed E-state index contributed by atoms with van der Waals surface area (Å²) in [6, 6.07) is 0.359. The van der Waals surface area contributed by atoms with E-state index in [0.29, 0.717) is 12.6 Å². The van der Waals surface area contributed by atoms with Gasteiger partial charge in [-0.2, -0.15) is 0 Å². The van der Waals surface area contributed by atoms with Gasteiger partial charge in [-0.3, -0.25) is 4.79 Å². The number of fused-ring (bicyclic) bond motifs is 1. The Balaban J connectivity index is 1.89. The topological polar surface area (TPSA) is 47.6 Å². The standard InChI is InChI=1S/C10H17NO3/c1-2-13-10(12)7-5-8-9(6-7)14-4-3-11-8/h7-9,11H,2-6H2,1H3/t7?,8-,9+/m0/s1. The second-order valence-electron chi connectivity index (χ2n) is 3.89. The molecule has 1 aliphatic carbocycles. The van der Waals surface area contributed by atoms with E-state index in [9.17, 15) is 4.79 Å². The van der Waals surface area contributed by atoms with E-state index in [-0.39, 0.29) is 18.0 Å². The third-order valence-electron chi connectivity index (χ3n) is 2.96. The maximum Gasteiger partial charge on any atom is 0.309 e. The number of carbonyl (C=O) groups excluding carboxylic acids is 1. The molecule has 2 aliphatic rings. The lowest BCUT2D eigenvalue weighted by molar-refractivity contribution is -0.148. The molecular weight excluding hydrogens is 182 g/mol. The lowest BCUT2D eigenvalue weighted by Gasteiger charge is -2.26. The van der Waals surface area contributed by atoms with E-state index in [0.717, 1.165) is 26.0 Å². The van der Waals surface area contributed by atoms with E-state index >= 15 is 0 Å². The first-order valence-electron chi connectivity index (χ1n) is 5.33. The number of esters is 1. The van der Waals surface area contributed by atoms with Crippen molar-refractivity contribution in [1.82, 2.24) is 5.32 Å². The third-order valence-corrected chi connectivity index (χ3v) is 2.96. The third kappa shape index (κ3) is 1.91. The maximum absolute atomic E-state index is 11.5. The van der Waals surface area contributed by atoms with Crippen molar-refractivity contribution in [2.75, 3.05) is 19.8 Å². The predicted molar refractivity (Wildman–Crippen MR) is 50.9 cm³/mol. The molecule has 2 rings (SSSR count). The van der Waals surface area contributed by atoms with Crippen molar-refractivity contribution in [2.24, 2.45) is 5.92 Å². The number of morpholine rings is 1. The Morgan fingerprint density at radius 2 is 2.43 bits per heavy atom. The van der Waals surface area contributed by atoms with Gasteiger partial charge in [0.1, 0.15) is 0 Å². The molecule has 0 aromatic carbocycles. The van der Waals surface area contributed by atoms with Crippen LogP contribution in [-0.4, -0.2) is 37.9 Å². The number of ether oxygens (including phenoxy) is 2. The molecule has 1 N–H and O–H groups in total. The molecule has 0 bridgehead atoms. The quantitative estimate of drug-likeness (QED) is 0.650. The van der Waals surface area contributed by atoms with Crippen LogP contribution >= 0.6 is 0 Å². The molecule has 4 nitrogen and oxygen atoms in total. The SMILES string of the molecule is CCOC(=O)C1C[C@@H]2NCCO[C@@H]2C1. The summed E-state index contributed by atoms with van der Waals surface area (Å²) >= 11 is 0. The summed E-state index contributed by atoms with van der Waals surface area (Å²) in [7, 11) is 0. The summed E-state index contributed by atoms with van der Waals surface area (Å²) in [5.41, 5.74) is 0. The van der Waals surface area contributed by atoms with Gasteiger partial charge in [0.15, 0.2) is 0 Å². The molecule has 0 aromatic heterocycles. The Morgan fingerprint density at radius 1 is 1.57 bits per heavy atom. The van der Waals surface area contributed by atoms with Gasteiger partial charge in [-0.15, -0.1) is 0 Å². The van der Waals surface area contributed by atoms with Gasteiger partial charge in [0.2, 0.25) is 0 Å². The number of rotatable bonds is 2. The minimum atomic E-state index is -0.0627. The molecule has 0 aromatic rings. The molecule has 0 amide bonds. The number of hydrogen-bond donors (Lipinski definition) is 1. The second kappa shape index (κ2) is 4.28. The number of nitrogens with one attached hydrogen (secondary N) is 1. The number of carbonyl (C=O) groups is 1. The number of hydrogen-bond acceptors (Lipinski definition) is 4. The summed E-state index contributed by atoms with van der Waals surface area (Å²) in [5, 5.41) is 3.38. The van der Waals surface area contributed by atoms with Crippen LogP contribution in [0.3, 0.4) is 0 Å². The Hall–Kier alpha value is -0.610. The van der Waals surface area contributed by atoms with Crippen molar-refractivity contribution < 1.29 is 14.3 Å². The average molecular weight is 199 g/mol. The van der Waals surface area contributed by atoms with Crippen molar-refractivity contribution >= 4 is 5.97 Å². The Bertz CT molecular complexity index is 205. The highest BCUT2D eigenvalue weighted by molar-refractivity contribution is 5.73. The van der Waals surface area contributed by atoms with Crippen LogP contribution in [0.2, 0.25) is 0 Å². The Labute approximate surface area is 84.0 Å². The Morgan fingerprint density at radius 3 is 3.14 bits per heavy atom. The van der Waals surface area contributed by atoms with Gasteiger partial charge < -0.3 is 14.8 Å². The zero-order valence-electron chi connectivity index (χ0n) is 8.49. The highest BCUT2D eigenvalue weighted by atomic mass is 16.5.